The van der Waals surface area contributed by atoms with E-state index in [1.54, 1.807) is 29.0 Å². The Balaban J connectivity index is 1.50. The van der Waals surface area contributed by atoms with Crippen LogP contribution in [0.2, 0.25) is 0 Å². The summed E-state index contributed by atoms with van der Waals surface area (Å²) in [4.78, 5) is 26.8. The fraction of sp³-hybridized carbons (Fsp3) is 0.500. The lowest BCUT2D eigenvalue weighted by Gasteiger charge is -2.43. The van der Waals surface area contributed by atoms with E-state index in [0.717, 1.165) is 19.4 Å². The van der Waals surface area contributed by atoms with E-state index in [4.69, 9.17) is 4.42 Å². The summed E-state index contributed by atoms with van der Waals surface area (Å²) in [5.74, 6) is 1.69. The first kappa shape index (κ1) is 16.2. The van der Waals surface area contributed by atoms with Gasteiger partial charge in [0.25, 0.3) is 11.5 Å². The van der Waals surface area contributed by atoms with Gasteiger partial charge < -0.3 is 13.9 Å². The van der Waals surface area contributed by atoms with E-state index in [1.165, 1.54) is 31.7 Å². The van der Waals surface area contributed by atoms with Gasteiger partial charge in [-0.25, -0.2) is 0 Å². The number of hydrogen-bond donors (Lipinski definition) is 0. The number of carbonyl (C=O) groups excluding carboxylic acids is 1. The first-order chi connectivity index (χ1) is 12.2. The highest BCUT2D eigenvalue weighted by molar-refractivity contribution is 5.91. The molecule has 2 unspecified atom stereocenters. The molecule has 0 bridgehead atoms. The molecule has 4 rings (SSSR count). The van der Waals surface area contributed by atoms with Crippen LogP contribution < -0.4 is 5.56 Å². The molecule has 0 spiro atoms. The summed E-state index contributed by atoms with van der Waals surface area (Å²) in [5.41, 5.74) is -0.0761. The van der Waals surface area contributed by atoms with Crippen LogP contribution in [0.15, 0.2) is 45.7 Å². The molecule has 2 atom stereocenters. The Hall–Kier alpha value is -2.30. The molecule has 0 radical (unpaired) electrons. The van der Waals surface area contributed by atoms with Crippen molar-refractivity contribution in [1.82, 2.24) is 9.47 Å². The van der Waals surface area contributed by atoms with Crippen molar-refractivity contribution < 1.29 is 9.21 Å². The Morgan fingerprint density at radius 3 is 2.80 bits per heavy atom. The number of aromatic nitrogens is 1. The molecule has 25 heavy (non-hydrogen) atoms. The zero-order valence-corrected chi connectivity index (χ0v) is 14.4. The van der Waals surface area contributed by atoms with Crippen LogP contribution in [0.3, 0.4) is 0 Å². The van der Waals surface area contributed by atoms with Crippen molar-refractivity contribution in [2.45, 2.75) is 51.1 Å². The van der Waals surface area contributed by atoms with Gasteiger partial charge in [0, 0.05) is 24.8 Å². The normalized spacial score (nSPS) is 23.3. The van der Waals surface area contributed by atoms with Crippen LogP contribution in [0.25, 0.3) is 0 Å². The van der Waals surface area contributed by atoms with Crippen molar-refractivity contribution in [3.8, 4) is 0 Å². The maximum atomic E-state index is 13.0. The van der Waals surface area contributed by atoms with Crippen LogP contribution in [0.4, 0.5) is 0 Å². The summed E-state index contributed by atoms with van der Waals surface area (Å²) in [6, 6.07) is 8.97. The van der Waals surface area contributed by atoms with E-state index in [1.807, 2.05) is 11.0 Å². The largest absolute Gasteiger partial charge is 0.454 e. The van der Waals surface area contributed by atoms with Gasteiger partial charge in [0.2, 0.25) is 0 Å². The molecule has 1 aliphatic heterocycles. The lowest BCUT2D eigenvalue weighted by Crippen LogP contribution is -2.49. The van der Waals surface area contributed by atoms with Gasteiger partial charge in [-0.15, -0.1) is 0 Å². The summed E-state index contributed by atoms with van der Waals surface area (Å²) in [5, 5.41) is 0. The topological polar surface area (TPSA) is 55.5 Å². The quantitative estimate of drug-likeness (QED) is 0.861. The summed E-state index contributed by atoms with van der Waals surface area (Å²) < 4.78 is 7.36. The first-order valence-electron chi connectivity index (χ1n) is 9.27. The van der Waals surface area contributed by atoms with Crippen molar-refractivity contribution in [2.75, 3.05) is 6.54 Å². The molecule has 1 saturated carbocycles. The molecule has 5 nitrogen and oxygen atoms in total. The Labute approximate surface area is 147 Å². The van der Waals surface area contributed by atoms with Gasteiger partial charge in [-0.2, -0.15) is 0 Å². The molecule has 0 aromatic carbocycles. The number of pyridine rings is 1. The predicted molar refractivity (Wildman–Crippen MR) is 94.5 cm³/mol. The van der Waals surface area contributed by atoms with Gasteiger partial charge in [0.15, 0.2) is 5.76 Å². The lowest BCUT2D eigenvalue weighted by atomic mass is 9.78. The Bertz CT molecular complexity index is 805. The highest BCUT2D eigenvalue weighted by Crippen LogP contribution is 2.36. The molecular weight excluding hydrogens is 316 g/mol. The molecule has 1 aliphatic carbocycles. The fourth-order valence-electron chi connectivity index (χ4n) is 4.36. The molecule has 2 aromatic heterocycles. The average molecular weight is 340 g/mol. The van der Waals surface area contributed by atoms with E-state index in [9.17, 15) is 9.59 Å². The third-order valence-electron chi connectivity index (χ3n) is 5.60. The summed E-state index contributed by atoms with van der Waals surface area (Å²) in [6.07, 6.45) is 8.92. The fourth-order valence-corrected chi connectivity index (χ4v) is 4.36. The number of nitrogens with zero attached hydrogens (tertiary/aromatic N) is 2. The maximum absolute atomic E-state index is 13.0. The maximum Gasteiger partial charge on any atom is 0.289 e. The zero-order valence-electron chi connectivity index (χ0n) is 14.4. The third-order valence-corrected chi connectivity index (χ3v) is 5.60. The predicted octanol–water partition coefficient (Wildman–Crippen LogP) is 3.28. The van der Waals surface area contributed by atoms with Gasteiger partial charge in [-0.1, -0.05) is 18.9 Å². The minimum atomic E-state index is -0.0761. The minimum absolute atomic E-state index is 0.00302. The van der Waals surface area contributed by atoms with Crippen LogP contribution >= 0.6 is 0 Å². The van der Waals surface area contributed by atoms with Crippen molar-refractivity contribution in [2.24, 2.45) is 5.92 Å². The van der Waals surface area contributed by atoms with E-state index in [0.29, 0.717) is 30.0 Å². The van der Waals surface area contributed by atoms with Crippen LogP contribution in [-0.4, -0.2) is 28.0 Å². The number of furan rings is 1. The summed E-state index contributed by atoms with van der Waals surface area (Å²) in [6.45, 7) is 1.17. The molecule has 3 heterocycles. The molecule has 2 aliphatic rings. The van der Waals surface area contributed by atoms with Gasteiger partial charge in [-0.05, 0) is 49.8 Å². The number of hydrogen-bond acceptors (Lipinski definition) is 3. The van der Waals surface area contributed by atoms with Crippen LogP contribution in [-0.2, 0) is 6.54 Å². The molecule has 2 aromatic rings. The smallest absolute Gasteiger partial charge is 0.289 e. The highest BCUT2D eigenvalue weighted by Gasteiger charge is 2.36. The van der Waals surface area contributed by atoms with E-state index < -0.39 is 0 Å². The molecule has 132 valence electrons. The Morgan fingerprint density at radius 2 is 1.92 bits per heavy atom. The van der Waals surface area contributed by atoms with Gasteiger partial charge in [0.1, 0.15) is 5.76 Å². The Morgan fingerprint density at radius 1 is 1.08 bits per heavy atom. The summed E-state index contributed by atoms with van der Waals surface area (Å²) >= 11 is 0. The Kier molecular flexibility index (Phi) is 4.47. The number of rotatable bonds is 3. The molecular formula is C20H24N2O3. The summed E-state index contributed by atoms with van der Waals surface area (Å²) in [7, 11) is 0. The average Bonchev–Trinajstić information content (AvgIpc) is 3.11. The van der Waals surface area contributed by atoms with Crippen molar-refractivity contribution in [3.05, 3.63) is 58.4 Å². The number of fused-ring (bicyclic) bond motifs is 1. The van der Waals surface area contributed by atoms with Gasteiger partial charge in [0.05, 0.1) is 6.54 Å². The number of carbonyl (C=O) groups is 1. The number of likely N-dealkylation sites (tertiary alicyclic amines) is 1. The first-order valence-corrected chi connectivity index (χ1v) is 9.27. The van der Waals surface area contributed by atoms with E-state index in [-0.39, 0.29) is 11.5 Å². The van der Waals surface area contributed by atoms with E-state index >= 15 is 0 Å². The second-order valence-corrected chi connectivity index (χ2v) is 7.19. The SMILES string of the molecule is O=C(c1ccc(Cn2ccccc2=O)o1)N1CCCC2CCCCC21. The molecule has 5 heteroatoms. The third kappa shape index (κ3) is 3.28. The monoisotopic (exact) mass is 340 g/mol. The second-order valence-electron chi connectivity index (χ2n) is 7.19. The van der Waals surface area contributed by atoms with Crippen molar-refractivity contribution in [1.29, 1.82) is 0 Å². The van der Waals surface area contributed by atoms with Gasteiger partial charge in [-0.3, -0.25) is 9.59 Å². The zero-order chi connectivity index (χ0) is 17.2. The molecule has 1 amide bonds. The van der Waals surface area contributed by atoms with Crippen LogP contribution in [0.5, 0.6) is 0 Å². The standard InChI is InChI=1S/C20H24N2O3/c23-19-9-3-4-12-21(19)14-16-10-11-18(25-16)20(24)22-13-5-7-15-6-1-2-8-17(15)22/h3-4,9-12,15,17H,1-2,5-8,13-14H2. The number of amides is 1. The minimum Gasteiger partial charge on any atom is -0.454 e. The second kappa shape index (κ2) is 6.90. The van der Waals surface area contributed by atoms with Crippen molar-refractivity contribution >= 4 is 5.91 Å². The van der Waals surface area contributed by atoms with Crippen molar-refractivity contribution in [3.63, 3.8) is 0 Å². The molecule has 1 saturated heterocycles. The van der Waals surface area contributed by atoms with E-state index in [2.05, 4.69) is 0 Å². The number of piperidine rings is 1. The molecule has 2 fully saturated rings. The van der Waals surface area contributed by atoms with Crippen LogP contribution in [0.1, 0.15) is 54.8 Å². The lowest BCUT2D eigenvalue weighted by molar-refractivity contribution is 0.0361. The molecule has 0 N–H and O–H groups in total. The van der Waals surface area contributed by atoms with Gasteiger partial charge >= 0.3 is 0 Å². The van der Waals surface area contributed by atoms with Crippen LogP contribution in [0, 0.1) is 5.92 Å². The highest BCUT2D eigenvalue weighted by atomic mass is 16.4.